The Bertz CT molecular complexity index is 672. The molecule has 2 aromatic heterocycles. The number of amides is 1. The minimum Gasteiger partial charge on any atom is -0.361 e. The molecule has 1 aliphatic heterocycles. The van der Waals surface area contributed by atoms with Crippen LogP contribution in [0.1, 0.15) is 36.3 Å². The highest BCUT2D eigenvalue weighted by Crippen LogP contribution is 2.19. The first kappa shape index (κ1) is 15.5. The number of nitrogens with zero attached hydrogens (tertiary/aromatic N) is 4. The first-order valence-corrected chi connectivity index (χ1v) is 7.92. The third-order valence-electron chi connectivity index (χ3n) is 4.12. The lowest BCUT2D eigenvalue weighted by molar-refractivity contribution is -0.115. The minimum absolute atomic E-state index is 0.136. The van der Waals surface area contributed by atoms with E-state index < -0.39 is 0 Å². The van der Waals surface area contributed by atoms with Crippen LogP contribution in [0.4, 0.5) is 11.6 Å². The van der Waals surface area contributed by atoms with Crippen molar-refractivity contribution in [3.05, 3.63) is 29.4 Å². The first-order valence-electron chi connectivity index (χ1n) is 7.92. The Morgan fingerprint density at radius 3 is 2.74 bits per heavy atom. The Morgan fingerprint density at radius 1 is 1.26 bits per heavy atom. The summed E-state index contributed by atoms with van der Waals surface area (Å²) < 4.78 is 5.08. The fourth-order valence-electron chi connectivity index (χ4n) is 2.81. The van der Waals surface area contributed by atoms with Crippen molar-refractivity contribution < 1.29 is 9.32 Å². The van der Waals surface area contributed by atoms with E-state index in [2.05, 4.69) is 25.3 Å². The van der Waals surface area contributed by atoms with Crippen LogP contribution in [0.15, 0.2) is 16.9 Å². The Kier molecular flexibility index (Phi) is 4.55. The lowest BCUT2D eigenvalue weighted by Crippen LogP contribution is -2.30. The largest absolute Gasteiger partial charge is 0.361 e. The van der Waals surface area contributed by atoms with E-state index in [9.17, 15) is 4.79 Å². The smallest absolute Gasteiger partial charge is 0.230 e. The molecule has 122 valence electrons. The maximum atomic E-state index is 12.2. The number of hydrogen-bond acceptors (Lipinski definition) is 6. The van der Waals surface area contributed by atoms with E-state index in [4.69, 9.17) is 4.52 Å². The lowest BCUT2D eigenvalue weighted by atomic mass is 10.1. The van der Waals surface area contributed by atoms with Crippen LogP contribution in [-0.2, 0) is 11.2 Å². The maximum absolute atomic E-state index is 12.2. The van der Waals surface area contributed by atoms with Gasteiger partial charge in [0.15, 0.2) is 0 Å². The van der Waals surface area contributed by atoms with E-state index in [1.165, 1.54) is 25.6 Å². The summed E-state index contributed by atoms with van der Waals surface area (Å²) in [6.07, 6.45) is 5.35. The van der Waals surface area contributed by atoms with Gasteiger partial charge in [-0.2, -0.15) is 0 Å². The quantitative estimate of drug-likeness (QED) is 0.931. The molecule has 1 amide bonds. The molecule has 1 fully saturated rings. The van der Waals surface area contributed by atoms with Gasteiger partial charge in [0.05, 0.1) is 12.1 Å². The van der Waals surface area contributed by atoms with Crippen molar-refractivity contribution in [3.8, 4) is 0 Å². The predicted octanol–water partition coefficient (Wildman–Crippen LogP) is 2.25. The van der Waals surface area contributed by atoms with Crippen LogP contribution in [0.25, 0.3) is 0 Å². The molecular weight excluding hydrogens is 294 g/mol. The third-order valence-corrected chi connectivity index (χ3v) is 4.12. The molecule has 0 unspecified atom stereocenters. The second-order valence-corrected chi connectivity index (χ2v) is 5.84. The Balaban J connectivity index is 1.66. The van der Waals surface area contributed by atoms with E-state index in [0.29, 0.717) is 11.6 Å². The highest BCUT2D eigenvalue weighted by molar-refractivity contribution is 5.91. The van der Waals surface area contributed by atoms with Gasteiger partial charge < -0.3 is 14.7 Å². The molecule has 1 aliphatic rings. The summed E-state index contributed by atoms with van der Waals surface area (Å²) in [5, 5.41) is 6.69. The average molecular weight is 315 g/mol. The first-order chi connectivity index (χ1) is 11.1. The molecule has 0 spiro atoms. The van der Waals surface area contributed by atoms with Crippen LogP contribution in [0.3, 0.4) is 0 Å². The van der Waals surface area contributed by atoms with Crippen molar-refractivity contribution in [2.75, 3.05) is 23.3 Å². The zero-order chi connectivity index (χ0) is 16.2. The molecule has 3 rings (SSSR count). The fourth-order valence-corrected chi connectivity index (χ4v) is 2.81. The maximum Gasteiger partial charge on any atom is 0.230 e. The second-order valence-electron chi connectivity index (χ2n) is 5.84. The van der Waals surface area contributed by atoms with Gasteiger partial charge in [0.2, 0.25) is 5.91 Å². The number of hydrogen-bond donors (Lipinski definition) is 1. The van der Waals surface area contributed by atoms with Gasteiger partial charge in [0.1, 0.15) is 23.7 Å². The van der Waals surface area contributed by atoms with Crippen LogP contribution in [0.2, 0.25) is 0 Å². The van der Waals surface area contributed by atoms with Gasteiger partial charge in [-0.3, -0.25) is 4.79 Å². The van der Waals surface area contributed by atoms with Crippen molar-refractivity contribution in [3.63, 3.8) is 0 Å². The van der Waals surface area contributed by atoms with Crippen molar-refractivity contribution in [2.24, 2.45) is 0 Å². The van der Waals surface area contributed by atoms with E-state index in [1.54, 1.807) is 0 Å². The zero-order valence-electron chi connectivity index (χ0n) is 13.5. The van der Waals surface area contributed by atoms with Gasteiger partial charge >= 0.3 is 0 Å². The van der Waals surface area contributed by atoms with Crippen LogP contribution in [-0.4, -0.2) is 34.1 Å². The van der Waals surface area contributed by atoms with Crippen LogP contribution >= 0.6 is 0 Å². The number of aryl methyl sites for hydroxylation is 2. The van der Waals surface area contributed by atoms with Crippen LogP contribution < -0.4 is 10.2 Å². The summed E-state index contributed by atoms with van der Waals surface area (Å²) in [6.45, 7) is 5.65. The molecule has 1 saturated heterocycles. The van der Waals surface area contributed by atoms with Crippen molar-refractivity contribution in [2.45, 2.75) is 39.5 Å². The molecule has 0 aromatic carbocycles. The molecule has 0 atom stereocenters. The van der Waals surface area contributed by atoms with Gasteiger partial charge in [0, 0.05) is 24.7 Å². The van der Waals surface area contributed by atoms with Crippen LogP contribution in [0, 0.1) is 13.8 Å². The number of rotatable bonds is 4. The number of anilines is 2. The summed E-state index contributed by atoms with van der Waals surface area (Å²) in [5.41, 5.74) is 1.57. The standard InChI is InChI=1S/C16H21N5O2/c1-11-13(12(2)23-20-11)8-16(22)19-14-9-15(18-10-17-14)21-6-4-3-5-7-21/h9-10H,3-8H2,1-2H3,(H,17,18,19,22). The highest BCUT2D eigenvalue weighted by atomic mass is 16.5. The molecule has 3 heterocycles. The van der Waals surface area contributed by atoms with E-state index >= 15 is 0 Å². The van der Waals surface area contributed by atoms with Gasteiger partial charge in [0.25, 0.3) is 0 Å². The topological polar surface area (TPSA) is 84.2 Å². The third kappa shape index (κ3) is 3.67. The Morgan fingerprint density at radius 2 is 2.04 bits per heavy atom. The molecule has 7 heteroatoms. The Labute approximate surface area is 135 Å². The van der Waals surface area contributed by atoms with Crippen molar-refractivity contribution in [1.29, 1.82) is 0 Å². The lowest BCUT2D eigenvalue weighted by Gasteiger charge is -2.27. The molecule has 7 nitrogen and oxygen atoms in total. The van der Waals surface area contributed by atoms with Gasteiger partial charge in [-0.15, -0.1) is 0 Å². The SMILES string of the molecule is Cc1noc(C)c1CC(=O)Nc1cc(N2CCCCC2)ncn1. The van der Waals surface area contributed by atoms with E-state index in [-0.39, 0.29) is 12.3 Å². The number of piperidine rings is 1. The summed E-state index contributed by atoms with van der Waals surface area (Å²) in [6, 6.07) is 1.83. The summed E-state index contributed by atoms with van der Waals surface area (Å²) in [4.78, 5) is 22.9. The molecule has 0 aliphatic carbocycles. The second kappa shape index (κ2) is 6.76. The number of nitrogens with one attached hydrogen (secondary N) is 1. The van der Waals surface area contributed by atoms with Gasteiger partial charge in [-0.1, -0.05) is 5.16 Å². The van der Waals surface area contributed by atoms with Crippen molar-refractivity contribution in [1.82, 2.24) is 15.1 Å². The fraction of sp³-hybridized carbons (Fsp3) is 0.500. The Hall–Kier alpha value is -2.44. The molecule has 23 heavy (non-hydrogen) atoms. The number of aromatic nitrogens is 3. The summed E-state index contributed by atoms with van der Waals surface area (Å²) in [7, 11) is 0. The molecule has 0 radical (unpaired) electrons. The van der Waals surface area contributed by atoms with E-state index in [1.807, 2.05) is 19.9 Å². The molecule has 2 aromatic rings. The zero-order valence-corrected chi connectivity index (χ0v) is 13.5. The molecule has 0 bridgehead atoms. The number of carbonyl (C=O) groups excluding carboxylic acids is 1. The molecule has 0 saturated carbocycles. The molecule has 1 N–H and O–H groups in total. The van der Waals surface area contributed by atoms with Crippen molar-refractivity contribution >= 4 is 17.5 Å². The normalized spacial score (nSPS) is 14.8. The summed E-state index contributed by atoms with van der Waals surface area (Å²) in [5.74, 6) is 1.93. The van der Waals surface area contributed by atoms with E-state index in [0.717, 1.165) is 30.2 Å². The van der Waals surface area contributed by atoms with Gasteiger partial charge in [-0.05, 0) is 33.1 Å². The van der Waals surface area contributed by atoms with Crippen LogP contribution in [0.5, 0.6) is 0 Å². The molecular formula is C16H21N5O2. The predicted molar refractivity (Wildman–Crippen MR) is 86.4 cm³/mol. The minimum atomic E-state index is -0.136. The average Bonchev–Trinajstić information content (AvgIpc) is 2.88. The number of carbonyl (C=O) groups is 1. The highest BCUT2D eigenvalue weighted by Gasteiger charge is 2.16. The monoisotopic (exact) mass is 315 g/mol. The van der Waals surface area contributed by atoms with Gasteiger partial charge in [-0.25, -0.2) is 9.97 Å². The summed E-state index contributed by atoms with van der Waals surface area (Å²) >= 11 is 0.